The third-order valence-corrected chi connectivity index (χ3v) is 6.16. The van der Waals surface area contributed by atoms with Crippen LogP contribution in [0.5, 0.6) is 11.5 Å². The summed E-state index contributed by atoms with van der Waals surface area (Å²) in [6.07, 6.45) is 0. The monoisotopic (exact) mass is 477 g/mol. The van der Waals surface area contributed by atoms with Gasteiger partial charge < -0.3 is 19.9 Å². The van der Waals surface area contributed by atoms with E-state index in [0.717, 1.165) is 55.6 Å². The summed E-state index contributed by atoms with van der Waals surface area (Å²) < 4.78 is 32.6. The molecule has 1 aliphatic rings. The second kappa shape index (κ2) is 9.34. The number of piperazine rings is 1. The van der Waals surface area contributed by atoms with E-state index in [1.54, 1.807) is 18.2 Å². The van der Waals surface area contributed by atoms with E-state index in [4.69, 9.17) is 4.74 Å². The van der Waals surface area contributed by atoms with Crippen molar-refractivity contribution in [3.63, 3.8) is 0 Å². The number of hydrogen-bond acceptors (Lipinski definition) is 5. The highest BCUT2D eigenvalue weighted by molar-refractivity contribution is 6.08. The lowest BCUT2D eigenvalue weighted by Gasteiger charge is -2.34. The molecule has 35 heavy (non-hydrogen) atoms. The van der Waals surface area contributed by atoms with E-state index in [1.165, 1.54) is 0 Å². The van der Waals surface area contributed by atoms with Crippen LogP contribution < -0.4 is 15.0 Å². The molecule has 0 bridgehead atoms. The molecule has 7 nitrogen and oxygen atoms in total. The number of ether oxygens (including phenoxy) is 1. The Hall–Kier alpha value is -3.98. The number of nitrogens with zero attached hydrogens (tertiary/aromatic N) is 3. The molecule has 1 amide bonds. The number of amides is 1. The van der Waals surface area contributed by atoms with E-state index in [-0.39, 0.29) is 11.7 Å². The molecule has 1 aromatic heterocycles. The van der Waals surface area contributed by atoms with Crippen LogP contribution in [0.25, 0.3) is 10.9 Å². The van der Waals surface area contributed by atoms with Gasteiger partial charge in [0, 0.05) is 61.0 Å². The van der Waals surface area contributed by atoms with E-state index < -0.39 is 11.6 Å². The average molecular weight is 478 g/mol. The summed E-state index contributed by atoms with van der Waals surface area (Å²) in [5.41, 5.74) is 3.21. The maximum Gasteiger partial charge on any atom is 0.257 e. The number of halogens is 2. The van der Waals surface area contributed by atoms with Gasteiger partial charge in [0.2, 0.25) is 0 Å². The van der Waals surface area contributed by atoms with Crippen molar-refractivity contribution < 1.29 is 18.3 Å². The van der Waals surface area contributed by atoms with Gasteiger partial charge in [-0.25, -0.2) is 8.78 Å². The molecule has 1 fully saturated rings. The largest absolute Gasteiger partial charge is 0.457 e. The highest BCUT2D eigenvalue weighted by Gasteiger charge is 2.18. The Morgan fingerprint density at radius 1 is 0.971 bits per heavy atom. The Bertz CT molecular complexity index is 1380. The van der Waals surface area contributed by atoms with Gasteiger partial charge in [-0.05, 0) is 55.9 Å². The minimum absolute atomic E-state index is 0.0343. The molecule has 2 heterocycles. The van der Waals surface area contributed by atoms with Gasteiger partial charge in [0.05, 0.1) is 5.52 Å². The van der Waals surface area contributed by atoms with Gasteiger partial charge >= 0.3 is 0 Å². The number of likely N-dealkylation sites (N-methyl/N-ethyl adjacent to an activating group) is 1. The quantitative estimate of drug-likeness (QED) is 0.426. The molecule has 1 aliphatic heterocycles. The van der Waals surface area contributed by atoms with Crippen LogP contribution in [0.15, 0.2) is 54.6 Å². The SMILES string of the molecule is Cc1cc(N2CCN(C)CC2)ccc1C(=O)Nc1n[nH]c2ccc(Oc3cc(F)cc(F)c3)cc12. The highest BCUT2D eigenvalue weighted by Crippen LogP contribution is 2.30. The van der Waals surface area contributed by atoms with Crippen LogP contribution >= 0.6 is 0 Å². The fraction of sp³-hybridized carbons (Fsp3) is 0.231. The maximum atomic E-state index is 13.5. The summed E-state index contributed by atoms with van der Waals surface area (Å²) >= 11 is 0. The van der Waals surface area contributed by atoms with Gasteiger partial charge in [0.25, 0.3) is 5.91 Å². The number of fused-ring (bicyclic) bond motifs is 1. The minimum atomic E-state index is -0.730. The Labute approximate surface area is 201 Å². The zero-order valence-electron chi connectivity index (χ0n) is 19.4. The molecule has 180 valence electrons. The van der Waals surface area contributed by atoms with Crippen LogP contribution in [0.1, 0.15) is 15.9 Å². The van der Waals surface area contributed by atoms with Gasteiger partial charge in [0.1, 0.15) is 23.1 Å². The lowest BCUT2D eigenvalue weighted by Crippen LogP contribution is -2.44. The third kappa shape index (κ3) is 4.95. The van der Waals surface area contributed by atoms with Crippen molar-refractivity contribution in [2.24, 2.45) is 0 Å². The number of carbonyl (C=O) groups excluding carboxylic acids is 1. The molecular weight excluding hydrogens is 452 g/mol. The summed E-state index contributed by atoms with van der Waals surface area (Å²) in [5.74, 6) is -1.01. The van der Waals surface area contributed by atoms with Gasteiger partial charge in [-0.2, -0.15) is 5.10 Å². The van der Waals surface area contributed by atoms with Crippen LogP contribution in [0, 0.1) is 18.6 Å². The van der Waals surface area contributed by atoms with Gasteiger partial charge in [-0.1, -0.05) is 0 Å². The molecule has 3 aromatic carbocycles. The molecule has 0 radical (unpaired) electrons. The Kier molecular flexibility index (Phi) is 6.08. The Balaban J connectivity index is 1.34. The number of benzene rings is 3. The first-order chi connectivity index (χ1) is 16.9. The van der Waals surface area contributed by atoms with Crippen LogP contribution in [-0.2, 0) is 0 Å². The zero-order chi connectivity index (χ0) is 24.5. The molecule has 1 saturated heterocycles. The standard InChI is InChI=1S/C26H25F2N5O2/c1-16-11-19(33-9-7-32(2)8-10-33)3-5-22(16)26(34)29-25-23-15-20(4-6-24(23)30-31-25)35-21-13-17(27)12-18(28)14-21/h3-6,11-15H,7-10H2,1-2H3,(H2,29,30,31,34). The predicted octanol–water partition coefficient (Wildman–Crippen LogP) is 4.95. The molecule has 2 N–H and O–H groups in total. The molecule has 0 aliphatic carbocycles. The normalized spacial score (nSPS) is 14.3. The third-order valence-electron chi connectivity index (χ3n) is 6.16. The van der Waals surface area contributed by atoms with Crippen LogP contribution in [0.2, 0.25) is 0 Å². The van der Waals surface area contributed by atoms with Crippen LogP contribution in [0.3, 0.4) is 0 Å². The number of aromatic amines is 1. The summed E-state index contributed by atoms with van der Waals surface area (Å²) in [6.45, 7) is 5.84. The average Bonchev–Trinajstić information content (AvgIpc) is 3.20. The number of hydrogen-bond donors (Lipinski definition) is 2. The molecule has 0 saturated carbocycles. The molecule has 9 heteroatoms. The van der Waals surface area contributed by atoms with Crippen molar-refractivity contribution in [2.75, 3.05) is 43.4 Å². The van der Waals surface area contributed by atoms with Crippen molar-refractivity contribution in [1.82, 2.24) is 15.1 Å². The second-order valence-electron chi connectivity index (χ2n) is 8.73. The Morgan fingerprint density at radius 2 is 1.71 bits per heavy atom. The summed E-state index contributed by atoms with van der Waals surface area (Å²) in [5, 5.41) is 10.6. The predicted molar refractivity (Wildman–Crippen MR) is 131 cm³/mol. The number of nitrogens with one attached hydrogen (secondary N) is 2. The van der Waals surface area contributed by atoms with Crippen molar-refractivity contribution in [3.8, 4) is 11.5 Å². The van der Waals surface area contributed by atoms with Crippen molar-refractivity contribution in [1.29, 1.82) is 0 Å². The second-order valence-corrected chi connectivity index (χ2v) is 8.73. The van der Waals surface area contributed by atoms with E-state index in [1.807, 2.05) is 25.1 Å². The van der Waals surface area contributed by atoms with E-state index in [9.17, 15) is 13.6 Å². The summed E-state index contributed by atoms with van der Waals surface area (Å²) in [4.78, 5) is 17.7. The number of carbonyl (C=O) groups is 1. The highest BCUT2D eigenvalue weighted by atomic mass is 19.1. The lowest BCUT2D eigenvalue weighted by molar-refractivity contribution is 0.102. The first-order valence-corrected chi connectivity index (χ1v) is 11.3. The van der Waals surface area contributed by atoms with Crippen molar-refractivity contribution in [3.05, 3.63) is 77.4 Å². The maximum absolute atomic E-state index is 13.5. The lowest BCUT2D eigenvalue weighted by atomic mass is 10.1. The van der Waals surface area contributed by atoms with Crippen molar-refractivity contribution >= 4 is 28.3 Å². The van der Waals surface area contributed by atoms with Gasteiger partial charge in [-0.3, -0.25) is 9.89 Å². The first-order valence-electron chi connectivity index (χ1n) is 11.3. The van der Waals surface area contributed by atoms with Crippen molar-refractivity contribution in [2.45, 2.75) is 6.92 Å². The number of aryl methyl sites for hydroxylation is 1. The van der Waals surface area contributed by atoms with Crippen LogP contribution in [0.4, 0.5) is 20.3 Å². The topological polar surface area (TPSA) is 73.5 Å². The van der Waals surface area contributed by atoms with E-state index >= 15 is 0 Å². The zero-order valence-corrected chi connectivity index (χ0v) is 19.4. The summed E-state index contributed by atoms with van der Waals surface area (Å²) in [6, 6.07) is 13.8. The fourth-order valence-electron chi connectivity index (χ4n) is 4.21. The fourth-order valence-corrected chi connectivity index (χ4v) is 4.21. The molecular formula is C26H25F2N5O2. The van der Waals surface area contributed by atoms with Gasteiger partial charge in [-0.15, -0.1) is 0 Å². The number of aromatic nitrogens is 2. The van der Waals surface area contributed by atoms with E-state index in [2.05, 4.69) is 32.4 Å². The number of rotatable bonds is 5. The molecule has 0 spiro atoms. The number of H-pyrrole nitrogens is 1. The molecule has 4 aromatic rings. The molecule has 0 unspecified atom stereocenters. The summed E-state index contributed by atoms with van der Waals surface area (Å²) in [7, 11) is 2.12. The first kappa shape index (κ1) is 22.8. The molecule has 0 atom stereocenters. The number of anilines is 2. The Morgan fingerprint density at radius 3 is 2.43 bits per heavy atom. The van der Waals surface area contributed by atoms with Crippen LogP contribution in [-0.4, -0.2) is 54.2 Å². The molecule has 5 rings (SSSR count). The van der Waals surface area contributed by atoms with E-state index in [0.29, 0.717) is 28.0 Å². The smallest absolute Gasteiger partial charge is 0.257 e. The van der Waals surface area contributed by atoms with Gasteiger partial charge in [0.15, 0.2) is 5.82 Å². The minimum Gasteiger partial charge on any atom is -0.457 e.